The number of hydrazone groups is 1. The lowest BCUT2D eigenvalue weighted by molar-refractivity contribution is -0.147. The van der Waals surface area contributed by atoms with Crippen LogP contribution in [0.4, 0.5) is 13.2 Å². The summed E-state index contributed by atoms with van der Waals surface area (Å²) in [5.41, 5.74) is 1.80. The summed E-state index contributed by atoms with van der Waals surface area (Å²) in [5.74, 6) is -0.364. The fourth-order valence-electron chi connectivity index (χ4n) is 4.37. The molecule has 0 bridgehead atoms. The number of furan rings is 2. The van der Waals surface area contributed by atoms with Crippen molar-refractivity contribution in [3.63, 3.8) is 0 Å². The molecule has 4 heterocycles. The second kappa shape index (κ2) is 8.82. The van der Waals surface area contributed by atoms with E-state index in [1.165, 1.54) is 12.1 Å². The van der Waals surface area contributed by atoms with Crippen LogP contribution in [0, 0.1) is 5.92 Å². The van der Waals surface area contributed by atoms with Crippen molar-refractivity contribution in [1.29, 1.82) is 0 Å². The lowest BCUT2D eigenvalue weighted by atomic mass is 9.79. The second-order valence-electron chi connectivity index (χ2n) is 8.02. The number of aromatic nitrogens is 3. The van der Waals surface area contributed by atoms with Gasteiger partial charge in [0.2, 0.25) is 5.82 Å². The molecule has 178 valence electrons. The minimum Gasteiger partial charge on any atom is -0.467 e. The molecule has 12 heteroatoms. The topological polar surface area (TPSA) is 89.7 Å². The predicted molar refractivity (Wildman–Crippen MR) is 116 cm³/mol. The lowest BCUT2D eigenvalue weighted by Gasteiger charge is -2.27. The maximum absolute atomic E-state index is 13.2. The summed E-state index contributed by atoms with van der Waals surface area (Å²) in [7, 11) is 1.22. The Labute approximate surface area is 196 Å². The van der Waals surface area contributed by atoms with Gasteiger partial charge in [0.1, 0.15) is 17.6 Å². The molecule has 2 unspecified atom stereocenters. The molecule has 1 fully saturated rings. The highest BCUT2D eigenvalue weighted by Crippen LogP contribution is 2.44. The maximum Gasteiger partial charge on any atom is 0.451 e. The Morgan fingerprint density at radius 1 is 1.24 bits per heavy atom. The van der Waals surface area contributed by atoms with Crippen molar-refractivity contribution < 1.29 is 26.8 Å². The monoisotopic (exact) mass is 491 g/mol. The average Bonchev–Trinajstić information content (AvgIpc) is 3.58. The van der Waals surface area contributed by atoms with Gasteiger partial charge in [0, 0.05) is 13.0 Å². The van der Waals surface area contributed by atoms with Crippen molar-refractivity contribution in [3.05, 3.63) is 59.7 Å². The fourth-order valence-corrected chi connectivity index (χ4v) is 5.13. The van der Waals surface area contributed by atoms with Gasteiger partial charge in [0.05, 0.1) is 24.0 Å². The van der Waals surface area contributed by atoms with Gasteiger partial charge in [-0.25, -0.2) is 5.01 Å². The van der Waals surface area contributed by atoms with Gasteiger partial charge < -0.3 is 13.4 Å². The van der Waals surface area contributed by atoms with Crippen molar-refractivity contribution in [1.82, 2.24) is 19.8 Å². The Morgan fingerprint density at radius 3 is 2.71 bits per heavy atom. The number of alkyl halides is 3. The highest BCUT2D eigenvalue weighted by molar-refractivity contribution is 7.99. The third-order valence-corrected chi connectivity index (χ3v) is 6.87. The minimum absolute atomic E-state index is 0.00195. The molecule has 34 heavy (non-hydrogen) atoms. The first kappa shape index (κ1) is 22.5. The molecule has 2 aliphatic rings. The number of fused-ring (bicyclic) bond motifs is 1. The van der Waals surface area contributed by atoms with Crippen LogP contribution < -0.4 is 0 Å². The van der Waals surface area contributed by atoms with Crippen molar-refractivity contribution in [3.8, 4) is 0 Å². The quantitative estimate of drug-likeness (QED) is 0.470. The zero-order chi connectivity index (χ0) is 23.9. The van der Waals surface area contributed by atoms with E-state index in [0.29, 0.717) is 11.5 Å². The average molecular weight is 491 g/mol. The van der Waals surface area contributed by atoms with Crippen LogP contribution in [0.5, 0.6) is 0 Å². The molecule has 0 spiro atoms. The second-order valence-corrected chi connectivity index (χ2v) is 8.96. The van der Waals surface area contributed by atoms with Gasteiger partial charge in [-0.3, -0.25) is 4.79 Å². The van der Waals surface area contributed by atoms with E-state index in [1.807, 2.05) is 12.1 Å². The molecule has 0 N–H and O–H groups in total. The maximum atomic E-state index is 13.2. The van der Waals surface area contributed by atoms with Crippen LogP contribution in [0.2, 0.25) is 0 Å². The molecule has 0 saturated heterocycles. The molecule has 1 amide bonds. The summed E-state index contributed by atoms with van der Waals surface area (Å²) in [5, 5.41) is 12.9. The van der Waals surface area contributed by atoms with E-state index in [4.69, 9.17) is 8.83 Å². The number of thioether (sulfide) groups is 1. The van der Waals surface area contributed by atoms with Gasteiger partial charge in [-0.1, -0.05) is 11.8 Å². The van der Waals surface area contributed by atoms with E-state index >= 15 is 0 Å². The first-order valence-corrected chi connectivity index (χ1v) is 11.6. The molecule has 1 aliphatic heterocycles. The van der Waals surface area contributed by atoms with Crippen LogP contribution in [0.25, 0.3) is 6.08 Å². The SMILES string of the molecule is Cn1c(SCC(=O)N2N=C3/C(=C\c4ccco4)CCCC3C2c2ccco2)nnc1C(F)(F)F. The number of rotatable bonds is 5. The fraction of sp³-hybridized carbons (Fsp3) is 0.364. The molecule has 1 aliphatic carbocycles. The van der Waals surface area contributed by atoms with E-state index in [9.17, 15) is 18.0 Å². The van der Waals surface area contributed by atoms with Gasteiger partial charge in [-0.2, -0.15) is 18.3 Å². The number of carbonyl (C=O) groups is 1. The molecule has 3 aromatic rings. The number of allylic oxidation sites excluding steroid dienone is 1. The Kier molecular flexibility index (Phi) is 5.84. The predicted octanol–water partition coefficient (Wildman–Crippen LogP) is 4.94. The molecule has 0 aromatic carbocycles. The van der Waals surface area contributed by atoms with Crippen LogP contribution in [0.1, 0.15) is 42.6 Å². The molecule has 2 atom stereocenters. The Bertz CT molecular complexity index is 1230. The summed E-state index contributed by atoms with van der Waals surface area (Å²) < 4.78 is 51.0. The number of halogens is 3. The summed E-state index contributed by atoms with van der Waals surface area (Å²) in [6.07, 6.45) is 3.01. The van der Waals surface area contributed by atoms with Crippen LogP contribution >= 0.6 is 11.8 Å². The molecule has 8 nitrogen and oxygen atoms in total. The molecular weight excluding hydrogens is 471 g/mol. The summed E-state index contributed by atoms with van der Waals surface area (Å²) in [4.78, 5) is 13.2. The highest BCUT2D eigenvalue weighted by atomic mass is 32.2. The normalized spacial score (nSPS) is 21.7. The van der Waals surface area contributed by atoms with Gasteiger partial charge in [0.15, 0.2) is 5.16 Å². The van der Waals surface area contributed by atoms with Crippen LogP contribution in [0.15, 0.2) is 61.5 Å². The van der Waals surface area contributed by atoms with Crippen LogP contribution in [-0.4, -0.2) is 37.1 Å². The van der Waals surface area contributed by atoms with Crippen molar-refractivity contribution >= 4 is 29.5 Å². The number of carbonyl (C=O) groups excluding carboxylic acids is 1. The van der Waals surface area contributed by atoms with E-state index in [2.05, 4.69) is 15.3 Å². The number of hydrogen-bond donors (Lipinski definition) is 0. The summed E-state index contributed by atoms with van der Waals surface area (Å²) in [6.45, 7) is 0. The first-order chi connectivity index (χ1) is 16.3. The van der Waals surface area contributed by atoms with E-state index in [1.54, 1.807) is 30.7 Å². The van der Waals surface area contributed by atoms with E-state index < -0.39 is 18.0 Å². The van der Waals surface area contributed by atoms with Gasteiger partial charge in [0.25, 0.3) is 5.91 Å². The van der Waals surface area contributed by atoms with E-state index in [-0.39, 0.29) is 22.7 Å². The zero-order valence-corrected chi connectivity index (χ0v) is 18.8. The standard InChI is InChI=1S/C22H20F3N5O3S/c1-29-20(22(23,24)25)26-27-21(29)34-12-17(31)30-19(16-8-4-10-33-16)15-7-2-5-13(18(15)28-30)11-14-6-3-9-32-14/h3-4,6,8-11,15,19H,2,5,7,12H2,1H3/b13-11-. The Morgan fingerprint density at radius 2 is 2.03 bits per heavy atom. The van der Waals surface area contributed by atoms with Crippen molar-refractivity contribution in [2.24, 2.45) is 18.1 Å². The largest absolute Gasteiger partial charge is 0.467 e. The number of nitrogens with zero attached hydrogens (tertiary/aromatic N) is 5. The molecule has 3 aromatic heterocycles. The minimum atomic E-state index is -4.62. The van der Waals surface area contributed by atoms with Crippen LogP contribution in [-0.2, 0) is 18.0 Å². The first-order valence-electron chi connectivity index (χ1n) is 10.6. The molecule has 5 rings (SSSR count). The van der Waals surface area contributed by atoms with E-state index in [0.717, 1.165) is 46.9 Å². The van der Waals surface area contributed by atoms with Crippen LogP contribution in [0.3, 0.4) is 0 Å². The third-order valence-electron chi connectivity index (χ3n) is 5.86. The lowest BCUT2D eigenvalue weighted by Crippen LogP contribution is -2.32. The van der Waals surface area contributed by atoms with Gasteiger partial charge in [-0.05, 0) is 55.2 Å². The molecule has 1 saturated carbocycles. The Balaban J connectivity index is 1.41. The number of amides is 1. The van der Waals surface area contributed by atoms with Crippen molar-refractivity contribution in [2.75, 3.05) is 5.75 Å². The van der Waals surface area contributed by atoms with Crippen molar-refractivity contribution in [2.45, 2.75) is 36.6 Å². The highest BCUT2D eigenvalue weighted by Gasteiger charge is 2.45. The molecule has 0 radical (unpaired) electrons. The Hall–Kier alpha value is -3.28. The smallest absolute Gasteiger partial charge is 0.451 e. The summed E-state index contributed by atoms with van der Waals surface area (Å²) >= 11 is 0.885. The number of hydrogen-bond acceptors (Lipinski definition) is 7. The summed E-state index contributed by atoms with van der Waals surface area (Å²) in [6, 6.07) is 6.79. The van der Waals surface area contributed by atoms with Gasteiger partial charge in [-0.15, -0.1) is 10.2 Å². The zero-order valence-electron chi connectivity index (χ0n) is 18.0. The van der Waals surface area contributed by atoms with Gasteiger partial charge >= 0.3 is 6.18 Å². The molecular formula is C22H20F3N5O3S. The third kappa shape index (κ3) is 4.17.